The summed E-state index contributed by atoms with van der Waals surface area (Å²) in [6.45, 7) is 5.76. The van der Waals surface area contributed by atoms with E-state index < -0.39 is 0 Å². The first-order valence-corrected chi connectivity index (χ1v) is 6.39. The zero-order valence-corrected chi connectivity index (χ0v) is 10.4. The number of hydrogen-bond acceptors (Lipinski definition) is 5. The molecule has 0 saturated heterocycles. The number of hydrogen-bond donors (Lipinski definition) is 1. The number of thioether (sulfide) groups is 1. The van der Waals surface area contributed by atoms with Crippen molar-refractivity contribution in [3.05, 3.63) is 23.8 Å². The lowest BCUT2D eigenvalue weighted by atomic mass is 10.3. The van der Waals surface area contributed by atoms with Crippen LogP contribution in [0.3, 0.4) is 0 Å². The van der Waals surface area contributed by atoms with Gasteiger partial charge in [-0.25, -0.2) is 9.97 Å². The van der Waals surface area contributed by atoms with E-state index in [0.29, 0.717) is 5.25 Å². The second-order valence-corrected chi connectivity index (χ2v) is 5.03. The topological polar surface area (TPSA) is 50.2 Å². The highest BCUT2D eigenvalue weighted by Gasteiger charge is 2.17. The van der Waals surface area contributed by atoms with E-state index in [1.165, 1.54) is 6.42 Å². The average Bonchev–Trinajstić information content (AvgIpc) is 2.74. The first-order valence-electron chi connectivity index (χ1n) is 5.51. The van der Waals surface area contributed by atoms with Crippen LogP contribution in [0.15, 0.2) is 17.3 Å². The lowest BCUT2D eigenvalue weighted by Gasteiger charge is -2.06. The number of rotatable bonds is 3. The summed E-state index contributed by atoms with van der Waals surface area (Å²) in [6, 6.07) is 1.93. The molecule has 5 heteroatoms. The lowest BCUT2D eigenvalue weighted by Crippen LogP contribution is -2.19. The lowest BCUT2D eigenvalue weighted by molar-refractivity contribution is 0.832. The Labute approximate surface area is 100.0 Å². The van der Waals surface area contributed by atoms with Gasteiger partial charge in [-0.1, -0.05) is 18.7 Å². The van der Waals surface area contributed by atoms with E-state index in [0.717, 1.165) is 29.8 Å². The van der Waals surface area contributed by atoms with Gasteiger partial charge in [-0.15, -0.1) is 0 Å². The van der Waals surface area contributed by atoms with Crippen molar-refractivity contribution in [1.29, 1.82) is 0 Å². The highest BCUT2D eigenvalue weighted by atomic mass is 32.2. The summed E-state index contributed by atoms with van der Waals surface area (Å²) in [5.41, 5.74) is 1.01. The molecular weight excluding hydrogens is 220 g/mol. The third kappa shape index (κ3) is 2.95. The Bertz CT molecular complexity index is 391. The summed E-state index contributed by atoms with van der Waals surface area (Å²) in [5.74, 6) is 0.812. The van der Waals surface area contributed by atoms with Crippen LogP contribution in [0.5, 0.6) is 0 Å². The van der Waals surface area contributed by atoms with E-state index >= 15 is 0 Å². The number of nitrogens with one attached hydrogen (secondary N) is 1. The minimum absolute atomic E-state index is 0.648. The van der Waals surface area contributed by atoms with Crippen LogP contribution in [0, 0.1) is 6.92 Å². The minimum Gasteiger partial charge on any atom is -0.359 e. The van der Waals surface area contributed by atoms with Gasteiger partial charge in [0.25, 0.3) is 0 Å². The Morgan fingerprint density at radius 3 is 3.12 bits per heavy atom. The van der Waals surface area contributed by atoms with Crippen molar-refractivity contribution >= 4 is 16.9 Å². The first kappa shape index (κ1) is 11.4. The molecule has 1 atom stereocenters. The maximum Gasteiger partial charge on any atom is 0.157 e. The van der Waals surface area contributed by atoms with Crippen LogP contribution in [-0.4, -0.2) is 26.9 Å². The quantitative estimate of drug-likeness (QED) is 0.868. The van der Waals surface area contributed by atoms with Crippen LogP contribution in [-0.2, 0) is 6.54 Å². The van der Waals surface area contributed by atoms with E-state index in [4.69, 9.17) is 0 Å². The van der Waals surface area contributed by atoms with Crippen molar-refractivity contribution in [3.8, 4) is 0 Å². The fraction of sp³-hybridized carbons (Fsp3) is 0.545. The molecule has 1 aromatic heterocycles. The standard InChI is InChI=1S/C11H16N4S/c1-3-10-7-14-11(16-10)13-6-9-4-5-12-8(2)15-9/h4-5,10H,3,6-7H2,1-2H3,(H,13,14). The molecule has 2 rings (SSSR count). The van der Waals surface area contributed by atoms with Crippen LogP contribution < -0.4 is 5.32 Å². The molecule has 1 unspecified atom stereocenters. The molecule has 0 spiro atoms. The number of amidine groups is 1. The molecule has 0 radical (unpaired) electrons. The highest BCUT2D eigenvalue weighted by molar-refractivity contribution is 8.14. The number of aliphatic imine (C=N–C) groups is 1. The summed E-state index contributed by atoms with van der Waals surface area (Å²) in [4.78, 5) is 12.9. The van der Waals surface area contributed by atoms with Crippen molar-refractivity contribution in [2.75, 3.05) is 6.54 Å². The summed E-state index contributed by atoms with van der Waals surface area (Å²) in [5, 5.41) is 5.00. The van der Waals surface area contributed by atoms with Crippen molar-refractivity contribution < 1.29 is 0 Å². The molecule has 1 aromatic rings. The zero-order chi connectivity index (χ0) is 11.4. The maximum absolute atomic E-state index is 4.45. The van der Waals surface area contributed by atoms with Crippen molar-refractivity contribution in [2.24, 2.45) is 4.99 Å². The normalized spacial score (nSPS) is 19.6. The largest absolute Gasteiger partial charge is 0.359 e. The van der Waals surface area contributed by atoms with Crippen LogP contribution in [0.1, 0.15) is 24.9 Å². The van der Waals surface area contributed by atoms with Gasteiger partial charge >= 0.3 is 0 Å². The van der Waals surface area contributed by atoms with Crippen molar-refractivity contribution in [3.63, 3.8) is 0 Å². The number of aryl methyl sites for hydroxylation is 1. The fourth-order valence-electron chi connectivity index (χ4n) is 1.50. The van der Waals surface area contributed by atoms with Crippen molar-refractivity contribution in [2.45, 2.75) is 32.1 Å². The predicted molar refractivity (Wildman–Crippen MR) is 67.6 cm³/mol. The number of aromatic nitrogens is 2. The number of nitrogens with zero attached hydrogens (tertiary/aromatic N) is 3. The molecule has 0 bridgehead atoms. The molecule has 0 aliphatic carbocycles. The monoisotopic (exact) mass is 236 g/mol. The van der Waals surface area contributed by atoms with Crippen LogP contribution in [0.2, 0.25) is 0 Å². The Hall–Kier alpha value is -1.10. The van der Waals surface area contributed by atoms with Crippen molar-refractivity contribution in [1.82, 2.24) is 15.3 Å². The molecule has 0 saturated carbocycles. The zero-order valence-electron chi connectivity index (χ0n) is 9.60. The molecule has 0 amide bonds. The molecule has 1 N–H and O–H groups in total. The summed E-state index contributed by atoms with van der Waals surface area (Å²) < 4.78 is 0. The fourth-order valence-corrected chi connectivity index (χ4v) is 2.43. The first-order chi connectivity index (χ1) is 7.78. The molecule has 86 valence electrons. The molecule has 0 fully saturated rings. The predicted octanol–water partition coefficient (Wildman–Crippen LogP) is 1.76. The van der Waals surface area contributed by atoms with Gasteiger partial charge in [-0.05, 0) is 19.4 Å². The molecule has 1 aliphatic rings. The van der Waals surface area contributed by atoms with Crippen LogP contribution in [0.25, 0.3) is 0 Å². The Balaban J connectivity index is 1.84. The molecule has 4 nitrogen and oxygen atoms in total. The SMILES string of the molecule is CCC1CN=C(NCc2ccnc(C)n2)S1. The highest BCUT2D eigenvalue weighted by Crippen LogP contribution is 2.21. The molecule has 0 aromatic carbocycles. The molecule has 2 heterocycles. The summed E-state index contributed by atoms with van der Waals surface area (Å²) in [7, 11) is 0. The van der Waals surface area contributed by atoms with Gasteiger partial charge in [0.2, 0.25) is 0 Å². The maximum atomic E-state index is 4.45. The van der Waals surface area contributed by atoms with Gasteiger partial charge < -0.3 is 5.32 Å². The van der Waals surface area contributed by atoms with Gasteiger partial charge in [-0.3, -0.25) is 4.99 Å². The van der Waals surface area contributed by atoms with Gasteiger partial charge in [0.05, 0.1) is 18.8 Å². The van der Waals surface area contributed by atoms with Gasteiger partial charge in [0.1, 0.15) is 5.82 Å². The molecular formula is C11H16N4S. The van der Waals surface area contributed by atoms with Crippen LogP contribution >= 0.6 is 11.8 Å². The van der Waals surface area contributed by atoms with Crippen LogP contribution in [0.4, 0.5) is 0 Å². The van der Waals surface area contributed by atoms with E-state index in [1.54, 1.807) is 6.20 Å². The Kier molecular flexibility index (Phi) is 3.77. The second-order valence-electron chi connectivity index (χ2n) is 3.74. The smallest absolute Gasteiger partial charge is 0.157 e. The second kappa shape index (κ2) is 5.30. The third-order valence-electron chi connectivity index (χ3n) is 2.43. The van der Waals surface area contributed by atoms with E-state index in [9.17, 15) is 0 Å². The van der Waals surface area contributed by atoms with E-state index in [2.05, 4.69) is 27.2 Å². The van der Waals surface area contributed by atoms with Gasteiger partial charge in [-0.2, -0.15) is 0 Å². The molecule has 16 heavy (non-hydrogen) atoms. The summed E-state index contributed by atoms with van der Waals surface area (Å²) >= 11 is 1.83. The average molecular weight is 236 g/mol. The Morgan fingerprint density at radius 1 is 1.56 bits per heavy atom. The van der Waals surface area contributed by atoms with Gasteiger partial charge in [0, 0.05) is 11.4 Å². The van der Waals surface area contributed by atoms with E-state index in [-0.39, 0.29) is 0 Å². The molecule has 1 aliphatic heterocycles. The summed E-state index contributed by atoms with van der Waals surface area (Å²) in [6.07, 6.45) is 2.96. The third-order valence-corrected chi connectivity index (χ3v) is 3.74. The van der Waals surface area contributed by atoms with Gasteiger partial charge in [0.15, 0.2) is 5.17 Å². The minimum atomic E-state index is 0.648. The van der Waals surface area contributed by atoms with E-state index in [1.807, 2.05) is 24.8 Å². The Morgan fingerprint density at radius 2 is 2.44 bits per heavy atom.